The largest absolute Gasteiger partial charge is 0.300 e. The summed E-state index contributed by atoms with van der Waals surface area (Å²) < 4.78 is 0. The highest BCUT2D eigenvalue weighted by atomic mass is 15.2. The van der Waals surface area contributed by atoms with Crippen molar-refractivity contribution in [3.8, 4) is 12.3 Å². The summed E-state index contributed by atoms with van der Waals surface area (Å²) in [5.41, 5.74) is 4.02. The quantitative estimate of drug-likeness (QED) is 0.681. The Labute approximate surface area is 110 Å². The number of rotatable bonds is 1. The molecule has 0 amide bonds. The molecule has 1 aromatic carbocycles. The van der Waals surface area contributed by atoms with E-state index in [4.69, 9.17) is 6.42 Å². The average Bonchev–Trinajstić information content (AvgIpc) is 2.85. The lowest BCUT2D eigenvalue weighted by molar-refractivity contribution is 0.208. The van der Waals surface area contributed by atoms with Gasteiger partial charge in [-0.15, -0.1) is 6.42 Å². The van der Waals surface area contributed by atoms with E-state index in [9.17, 15) is 0 Å². The second kappa shape index (κ2) is 5.16. The first kappa shape index (κ1) is 11.8. The van der Waals surface area contributed by atoms with E-state index in [2.05, 4.69) is 29.0 Å². The minimum atomic E-state index is 0.853. The predicted molar refractivity (Wildman–Crippen MR) is 75.6 cm³/mol. The molecule has 1 aliphatic heterocycles. The first-order valence-corrected chi connectivity index (χ1v) is 7.19. The maximum Gasteiger partial charge on any atom is 0.0245 e. The van der Waals surface area contributed by atoms with Crippen molar-refractivity contribution in [3.63, 3.8) is 0 Å². The molecule has 0 radical (unpaired) electrons. The SMILES string of the molecule is C#Cc1ccc2c(c1)CCN(C1CCCC1)CC2. The summed E-state index contributed by atoms with van der Waals surface area (Å²) in [5.74, 6) is 2.75. The first-order chi connectivity index (χ1) is 8.86. The van der Waals surface area contributed by atoms with E-state index in [1.807, 2.05) is 0 Å². The number of hydrogen-bond acceptors (Lipinski definition) is 1. The van der Waals surface area contributed by atoms with Gasteiger partial charge in [0.25, 0.3) is 0 Å². The molecule has 0 aromatic heterocycles. The Bertz CT molecular complexity index is 463. The molecule has 0 saturated heterocycles. The Kier molecular flexibility index (Phi) is 3.39. The lowest BCUT2D eigenvalue weighted by Gasteiger charge is -2.26. The molecular weight excluding hydrogens is 218 g/mol. The van der Waals surface area contributed by atoms with Crippen LogP contribution in [0.2, 0.25) is 0 Å². The number of benzene rings is 1. The monoisotopic (exact) mass is 239 g/mol. The molecule has 0 atom stereocenters. The minimum absolute atomic E-state index is 0.853. The van der Waals surface area contributed by atoms with Gasteiger partial charge in [-0.05, 0) is 48.9 Å². The van der Waals surface area contributed by atoms with Gasteiger partial charge in [0.05, 0.1) is 0 Å². The van der Waals surface area contributed by atoms with E-state index >= 15 is 0 Å². The van der Waals surface area contributed by atoms with Gasteiger partial charge in [0.2, 0.25) is 0 Å². The molecule has 18 heavy (non-hydrogen) atoms. The van der Waals surface area contributed by atoms with Crippen LogP contribution in [-0.2, 0) is 12.8 Å². The Morgan fingerprint density at radius 2 is 1.78 bits per heavy atom. The molecule has 1 saturated carbocycles. The highest BCUT2D eigenvalue weighted by Gasteiger charge is 2.24. The van der Waals surface area contributed by atoms with E-state index in [0.29, 0.717) is 0 Å². The van der Waals surface area contributed by atoms with Crippen molar-refractivity contribution in [2.24, 2.45) is 0 Å². The average molecular weight is 239 g/mol. The Morgan fingerprint density at radius 1 is 1.06 bits per heavy atom. The van der Waals surface area contributed by atoms with Crippen LogP contribution in [0.15, 0.2) is 18.2 Å². The van der Waals surface area contributed by atoms with Crippen LogP contribution < -0.4 is 0 Å². The normalized spacial score (nSPS) is 21.3. The third kappa shape index (κ3) is 2.31. The molecular formula is C17H21N. The highest BCUT2D eigenvalue weighted by Crippen LogP contribution is 2.26. The van der Waals surface area contributed by atoms with Crippen LogP contribution in [-0.4, -0.2) is 24.0 Å². The number of terminal acetylenes is 1. The van der Waals surface area contributed by atoms with Crippen molar-refractivity contribution < 1.29 is 0 Å². The standard InChI is InChI=1S/C17H21N/c1-2-14-7-8-15-9-11-18(12-10-16(15)13-14)17-5-3-4-6-17/h1,7-8,13,17H,3-6,9-12H2. The zero-order valence-electron chi connectivity index (χ0n) is 11.0. The summed E-state index contributed by atoms with van der Waals surface area (Å²) in [6.45, 7) is 2.44. The van der Waals surface area contributed by atoms with E-state index < -0.39 is 0 Å². The third-order valence-corrected chi connectivity index (χ3v) is 4.55. The summed E-state index contributed by atoms with van der Waals surface area (Å²) in [5, 5.41) is 0. The van der Waals surface area contributed by atoms with Crippen molar-refractivity contribution in [2.75, 3.05) is 13.1 Å². The molecule has 0 unspecified atom stereocenters. The molecule has 0 N–H and O–H groups in total. The van der Waals surface area contributed by atoms with Crippen LogP contribution in [0.1, 0.15) is 42.4 Å². The molecule has 0 spiro atoms. The molecule has 1 aromatic rings. The molecule has 94 valence electrons. The summed E-state index contributed by atoms with van der Waals surface area (Å²) in [4.78, 5) is 2.71. The summed E-state index contributed by atoms with van der Waals surface area (Å²) in [6, 6.07) is 7.40. The fourth-order valence-corrected chi connectivity index (χ4v) is 3.47. The topological polar surface area (TPSA) is 3.24 Å². The Hall–Kier alpha value is -1.26. The van der Waals surface area contributed by atoms with Crippen LogP contribution in [0.25, 0.3) is 0 Å². The van der Waals surface area contributed by atoms with Crippen molar-refractivity contribution in [1.82, 2.24) is 4.90 Å². The van der Waals surface area contributed by atoms with Gasteiger partial charge in [-0.2, -0.15) is 0 Å². The van der Waals surface area contributed by atoms with Gasteiger partial charge in [-0.25, -0.2) is 0 Å². The maximum absolute atomic E-state index is 5.49. The van der Waals surface area contributed by atoms with Crippen LogP contribution in [0.3, 0.4) is 0 Å². The molecule has 1 nitrogen and oxygen atoms in total. The Morgan fingerprint density at radius 3 is 2.50 bits per heavy atom. The zero-order valence-corrected chi connectivity index (χ0v) is 11.0. The number of hydrogen-bond donors (Lipinski definition) is 0. The van der Waals surface area contributed by atoms with Crippen molar-refractivity contribution >= 4 is 0 Å². The molecule has 1 heterocycles. The van der Waals surface area contributed by atoms with Gasteiger partial charge in [-0.3, -0.25) is 4.90 Å². The van der Waals surface area contributed by atoms with Crippen LogP contribution >= 0.6 is 0 Å². The second-order valence-electron chi connectivity index (χ2n) is 5.60. The van der Waals surface area contributed by atoms with E-state index in [1.54, 1.807) is 0 Å². The fraction of sp³-hybridized carbons (Fsp3) is 0.529. The number of nitrogens with zero attached hydrogens (tertiary/aromatic N) is 1. The lowest BCUT2D eigenvalue weighted by atomic mass is 10.0. The molecule has 0 bridgehead atoms. The van der Waals surface area contributed by atoms with Crippen LogP contribution in [0.5, 0.6) is 0 Å². The molecule has 1 heteroatoms. The predicted octanol–water partition coefficient (Wildman–Crippen LogP) is 3.01. The van der Waals surface area contributed by atoms with Gasteiger partial charge < -0.3 is 0 Å². The van der Waals surface area contributed by atoms with Gasteiger partial charge in [0, 0.05) is 24.7 Å². The van der Waals surface area contributed by atoms with E-state index in [1.165, 1.54) is 62.7 Å². The fourth-order valence-electron chi connectivity index (χ4n) is 3.47. The van der Waals surface area contributed by atoms with Crippen molar-refractivity contribution in [2.45, 2.75) is 44.6 Å². The summed E-state index contributed by atoms with van der Waals surface area (Å²) in [6.07, 6.45) is 13.5. The Balaban J connectivity index is 1.75. The molecule has 1 aliphatic carbocycles. The lowest BCUT2D eigenvalue weighted by Crippen LogP contribution is -2.35. The zero-order chi connectivity index (χ0) is 12.4. The molecule has 2 aliphatic rings. The van der Waals surface area contributed by atoms with E-state index in [0.717, 1.165) is 11.6 Å². The number of fused-ring (bicyclic) bond motifs is 1. The smallest absolute Gasteiger partial charge is 0.0245 e. The van der Waals surface area contributed by atoms with Gasteiger partial charge in [0.15, 0.2) is 0 Å². The highest BCUT2D eigenvalue weighted by molar-refractivity contribution is 5.40. The first-order valence-electron chi connectivity index (χ1n) is 7.19. The van der Waals surface area contributed by atoms with Gasteiger partial charge >= 0.3 is 0 Å². The summed E-state index contributed by atoms with van der Waals surface area (Å²) >= 11 is 0. The summed E-state index contributed by atoms with van der Waals surface area (Å²) in [7, 11) is 0. The minimum Gasteiger partial charge on any atom is -0.300 e. The van der Waals surface area contributed by atoms with Crippen LogP contribution in [0, 0.1) is 12.3 Å². The molecule has 1 fully saturated rings. The van der Waals surface area contributed by atoms with Crippen molar-refractivity contribution in [3.05, 3.63) is 34.9 Å². The van der Waals surface area contributed by atoms with Crippen LogP contribution in [0.4, 0.5) is 0 Å². The molecule has 3 rings (SSSR count). The second-order valence-corrected chi connectivity index (χ2v) is 5.60. The third-order valence-electron chi connectivity index (χ3n) is 4.55. The maximum atomic E-state index is 5.49. The van der Waals surface area contributed by atoms with Gasteiger partial charge in [-0.1, -0.05) is 24.8 Å². The van der Waals surface area contributed by atoms with Crippen molar-refractivity contribution in [1.29, 1.82) is 0 Å². The van der Waals surface area contributed by atoms with Gasteiger partial charge in [0.1, 0.15) is 0 Å². The van der Waals surface area contributed by atoms with E-state index in [-0.39, 0.29) is 0 Å².